The number of benzene rings is 1. The van der Waals surface area contributed by atoms with Gasteiger partial charge in [-0.05, 0) is 31.5 Å². The van der Waals surface area contributed by atoms with Gasteiger partial charge < -0.3 is 10.4 Å². The average Bonchev–Trinajstić information content (AvgIpc) is 2.49. The first-order chi connectivity index (χ1) is 11.0. The number of carboxylic acids is 1. The molecule has 0 aliphatic carbocycles. The second kappa shape index (κ2) is 9.80. The number of hydrogen-bond donors (Lipinski definition) is 2. The largest absolute Gasteiger partial charge is 0.480 e. The Morgan fingerprint density at radius 2 is 2.04 bits per heavy atom. The van der Waals surface area contributed by atoms with Crippen LogP contribution in [0.25, 0.3) is 0 Å². The van der Waals surface area contributed by atoms with E-state index in [2.05, 4.69) is 5.32 Å². The first kappa shape index (κ1) is 20.7. The lowest BCUT2D eigenvalue weighted by Gasteiger charge is -2.32. The van der Waals surface area contributed by atoms with Crippen LogP contribution in [0.3, 0.4) is 0 Å². The van der Waals surface area contributed by atoms with E-state index in [4.69, 9.17) is 0 Å². The van der Waals surface area contributed by atoms with Gasteiger partial charge in [-0.1, -0.05) is 30.3 Å². The topological polar surface area (TPSA) is 69.6 Å². The number of nitrogens with one attached hydrogen (secondary N) is 1. The Morgan fingerprint density at radius 3 is 2.71 bits per heavy atom. The summed E-state index contributed by atoms with van der Waals surface area (Å²) in [6, 6.07) is 5.65. The molecule has 24 heavy (non-hydrogen) atoms. The molecule has 0 bridgehead atoms. The predicted molar refractivity (Wildman–Crippen MR) is 91.0 cm³/mol. The van der Waals surface area contributed by atoms with E-state index >= 15 is 0 Å². The third-order valence-corrected chi connectivity index (χ3v) is 4.41. The fourth-order valence-corrected chi connectivity index (χ4v) is 3.20. The molecule has 1 aromatic rings. The van der Waals surface area contributed by atoms with Crippen molar-refractivity contribution < 1.29 is 23.5 Å². The number of carbonyl (C=O) groups excluding carboxylic acids is 1. The van der Waals surface area contributed by atoms with Crippen molar-refractivity contribution in [3.63, 3.8) is 0 Å². The minimum absolute atomic E-state index is 0. The van der Waals surface area contributed by atoms with Gasteiger partial charge in [0.15, 0.2) is 0 Å². The number of para-hydroxylation sites is 1. The van der Waals surface area contributed by atoms with E-state index in [9.17, 15) is 23.5 Å². The first-order valence-corrected chi connectivity index (χ1v) is 8.16. The standard InChI is InChI=1S/C15H18F2N2O3S.ClH/c16-15(17)23-12-7-2-1-5-10(12)18-13(20)9-19-8-4-3-6-11(19)14(21)22;/h1-2,5,7,11,15H,3-4,6,8-9H2,(H,18,20)(H,21,22);1H. The molecule has 1 atom stereocenters. The van der Waals surface area contributed by atoms with Crippen LogP contribution in [0.4, 0.5) is 14.5 Å². The summed E-state index contributed by atoms with van der Waals surface area (Å²) in [6.07, 6.45) is 2.18. The molecule has 1 saturated heterocycles. The fourth-order valence-electron chi connectivity index (χ4n) is 2.60. The second-order valence-corrected chi connectivity index (χ2v) is 6.28. The maximum atomic E-state index is 12.5. The van der Waals surface area contributed by atoms with Gasteiger partial charge in [0.05, 0.1) is 12.2 Å². The fraction of sp³-hybridized carbons (Fsp3) is 0.467. The molecule has 0 radical (unpaired) electrons. The van der Waals surface area contributed by atoms with Gasteiger partial charge in [0, 0.05) is 4.90 Å². The number of piperidine rings is 1. The van der Waals surface area contributed by atoms with Gasteiger partial charge in [-0.15, -0.1) is 12.4 Å². The summed E-state index contributed by atoms with van der Waals surface area (Å²) in [5, 5.41) is 11.8. The van der Waals surface area contributed by atoms with E-state index in [1.165, 1.54) is 6.07 Å². The molecule has 0 saturated carbocycles. The number of anilines is 1. The molecule has 1 fully saturated rings. The number of nitrogens with zero attached hydrogens (tertiary/aromatic N) is 1. The number of carbonyl (C=O) groups is 2. The molecular formula is C15H19ClF2N2O3S. The van der Waals surface area contributed by atoms with Crippen molar-refractivity contribution in [2.24, 2.45) is 0 Å². The van der Waals surface area contributed by atoms with Crippen LogP contribution in [-0.2, 0) is 9.59 Å². The number of aliphatic carboxylic acids is 1. The molecule has 1 aromatic carbocycles. The van der Waals surface area contributed by atoms with Gasteiger partial charge in [0.1, 0.15) is 6.04 Å². The Morgan fingerprint density at radius 1 is 1.33 bits per heavy atom. The third kappa shape index (κ3) is 5.92. The van der Waals surface area contributed by atoms with E-state index < -0.39 is 23.7 Å². The van der Waals surface area contributed by atoms with Crippen LogP contribution in [0.1, 0.15) is 19.3 Å². The lowest BCUT2D eigenvalue weighted by molar-refractivity contribution is -0.145. The first-order valence-electron chi connectivity index (χ1n) is 7.28. The van der Waals surface area contributed by atoms with E-state index in [-0.39, 0.29) is 23.8 Å². The molecule has 1 heterocycles. The molecule has 1 aliphatic rings. The molecule has 0 aromatic heterocycles. The summed E-state index contributed by atoms with van der Waals surface area (Å²) >= 11 is 0.363. The number of carboxylic acid groups (broad SMARTS) is 1. The average molecular weight is 381 g/mol. The molecule has 2 N–H and O–H groups in total. The summed E-state index contributed by atoms with van der Waals surface area (Å²) in [4.78, 5) is 25.3. The lowest BCUT2D eigenvalue weighted by atomic mass is 10.0. The van der Waals surface area contributed by atoms with Crippen molar-refractivity contribution >= 4 is 41.7 Å². The van der Waals surface area contributed by atoms with Gasteiger partial charge in [0.25, 0.3) is 5.76 Å². The molecule has 1 amide bonds. The summed E-state index contributed by atoms with van der Waals surface area (Å²) in [7, 11) is 0. The van der Waals surface area contributed by atoms with Crippen LogP contribution in [0, 0.1) is 0 Å². The number of thioether (sulfide) groups is 1. The smallest absolute Gasteiger partial charge is 0.320 e. The zero-order chi connectivity index (χ0) is 16.8. The summed E-state index contributed by atoms with van der Waals surface area (Å²) < 4.78 is 25.1. The third-order valence-electron chi connectivity index (χ3n) is 3.62. The predicted octanol–water partition coefficient (Wildman–Crippen LogP) is 3.30. The SMILES string of the molecule is Cl.O=C(CN1CCCCC1C(=O)O)Nc1ccccc1SC(F)F. The molecule has 1 unspecified atom stereocenters. The van der Waals surface area contributed by atoms with Gasteiger partial charge in [-0.3, -0.25) is 14.5 Å². The second-order valence-electron chi connectivity index (χ2n) is 5.24. The highest BCUT2D eigenvalue weighted by molar-refractivity contribution is 7.99. The number of halogens is 3. The monoisotopic (exact) mass is 380 g/mol. The van der Waals surface area contributed by atoms with Crippen molar-refractivity contribution in [3.8, 4) is 0 Å². The highest BCUT2D eigenvalue weighted by Gasteiger charge is 2.29. The Bertz CT molecular complexity index is 577. The Hall–Kier alpha value is -1.38. The number of alkyl halides is 2. The quantitative estimate of drug-likeness (QED) is 0.741. The van der Waals surface area contributed by atoms with Crippen LogP contribution >= 0.6 is 24.2 Å². The molecule has 1 aliphatic heterocycles. The maximum Gasteiger partial charge on any atom is 0.320 e. The zero-order valence-electron chi connectivity index (χ0n) is 12.8. The zero-order valence-corrected chi connectivity index (χ0v) is 14.4. The van der Waals surface area contributed by atoms with E-state index in [0.717, 1.165) is 12.8 Å². The Kier molecular flexibility index (Phi) is 8.44. The van der Waals surface area contributed by atoms with Crippen LogP contribution in [0.15, 0.2) is 29.2 Å². The Labute approximate surface area is 149 Å². The number of amides is 1. The molecule has 2 rings (SSSR count). The molecule has 0 spiro atoms. The Balaban J connectivity index is 0.00000288. The van der Waals surface area contributed by atoms with Crippen LogP contribution < -0.4 is 5.32 Å². The number of rotatable bonds is 6. The molecule has 9 heteroatoms. The van der Waals surface area contributed by atoms with Crippen molar-refractivity contribution in [3.05, 3.63) is 24.3 Å². The summed E-state index contributed by atoms with van der Waals surface area (Å²) in [5.41, 5.74) is 0.312. The maximum absolute atomic E-state index is 12.5. The molecule has 134 valence electrons. The molecule has 5 nitrogen and oxygen atoms in total. The van der Waals surface area contributed by atoms with E-state index in [0.29, 0.717) is 30.4 Å². The minimum atomic E-state index is -2.58. The highest BCUT2D eigenvalue weighted by Crippen LogP contribution is 2.31. The van der Waals surface area contributed by atoms with E-state index in [1.54, 1.807) is 23.1 Å². The van der Waals surface area contributed by atoms with Gasteiger partial charge in [-0.25, -0.2) is 0 Å². The van der Waals surface area contributed by atoms with Crippen LogP contribution in [-0.4, -0.2) is 46.8 Å². The number of hydrogen-bond acceptors (Lipinski definition) is 4. The highest BCUT2D eigenvalue weighted by atomic mass is 35.5. The van der Waals surface area contributed by atoms with Gasteiger partial charge in [0.2, 0.25) is 5.91 Å². The van der Waals surface area contributed by atoms with Crippen molar-refractivity contribution in [1.82, 2.24) is 4.90 Å². The van der Waals surface area contributed by atoms with Crippen molar-refractivity contribution in [2.45, 2.75) is 36.0 Å². The van der Waals surface area contributed by atoms with Crippen LogP contribution in [0.2, 0.25) is 0 Å². The number of likely N-dealkylation sites (tertiary alicyclic amines) is 1. The minimum Gasteiger partial charge on any atom is -0.480 e. The summed E-state index contributed by atoms with van der Waals surface area (Å²) in [6.45, 7) is 0.475. The summed E-state index contributed by atoms with van der Waals surface area (Å²) in [5.74, 6) is -3.92. The van der Waals surface area contributed by atoms with Crippen LogP contribution in [0.5, 0.6) is 0 Å². The van der Waals surface area contributed by atoms with Crippen molar-refractivity contribution in [1.29, 1.82) is 0 Å². The van der Waals surface area contributed by atoms with E-state index in [1.807, 2.05) is 0 Å². The van der Waals surface area contributed by atoms with Gasteiger partial charge >= 0.3 is 5.97 Å². The normalized spacial score (nSPS) is 18.0. The molecular weight excluding hydrogens is 362 g/mol. The van der Waals surface area contributed by atoms with Gasteiger partial charge in [-0.2, -0.15) is 8.78 Å². The lowest BCUT2D eigenvalue weighted by Crippen LogP contribution is -2.47. The van der Waals surface area contributed by atoms with Crippen molar-refractivity contribution in [2.75, 3.05) is 18.4 Å².